The molecule has 0 unspecified atom stereocenters. The summed E-state index contributed by atoms with van der Waals surface area (Å²) >= 11 is 0. The van der Waals surface area contributed by atoms with E-state index in [1.54, 1.807) is 18.5 Å². The zero-order valence-electron chi connectivity index (χ0n) is 12.2. The van der Waals surface area contributed by atoms with Crippen LogP contribution in [-0.2, 0) is 17.5 Å². The Balaban J connectivity index is 1.80. The van der Waals surface area contributed by atoms with Crippen LogP contribution in [0.1, 0.15) is 17.5 Å². The zero-order chi connectivity index (χ0) is 16.7. The van der Waals surface area contributed by atoms with Crippen LogP contribution in [0.4, 0.5) is 18.9 Å². The number of nitrogens with one attached hydrogen (secondary N) is 2. The third-order valence-electron chi connectivity index (χ3n) is 3.11. The van der Waals surface area contributed by atoms with Gasteiger partial charge in [-0.3, -0.25) is 9.78 Å². The summed E-state index contributed by atoms with van der Waals surface area (Å²) in [6, 6.07) is 8.78. The van der Waals surface area contributed by atoms with Crippen LogP contribution in [0.25, 0.3) is 0 Å². The van der Waals surface area contributed by atoms with Crippen LogP contribution in [0.5, 0.6) is 0 Å². The molecule has 0 bridgehead atoms. The van der Waals surface area contributed by atoms with E-state index < -0.39 is 11.7 Å². The zero-order valence-corrected chi connectivity index (χ0v) is 12.2. The van der Waals surface area contributed by atoms with Gasteiger partial charge in [-0.25, -0.2) is 0 Å². The van der Waals surface area contributed by atoms with Gasteiger partial charge in [-0.15, -0.1) is 0 Å². The van der Waals surface area contributed by atoms with E-state index in [1.165, 1.54) is 18.2 Å². The summed E-state index contributed by atoms with van der Waals surface area (Å²) in [5.74, 6) is -0.245. The van der Waals surface area contributed by atoms with Crippen LogP contribution >= 0.6 is 0 Å². The van der Waals surface area contributed by atoms with Crippen LogP contribution < -0.4 is 10.6 Å². The lowest BCUT2D eigenvalue weighted by atomic mass is 10.1. The third kappa shape index (κ3) is 5.28. The number of halogens is 3. The Morgan fingerprint density at radius 3 is 2.61 bits per heavy atom. The predicted molar refractivity (Wildman–Crippen MR) is 80.6 cm³/mol. The third-order valence-corrected chi connectivity index (χ3v) is 3.11. The summed E-state index contributed by atoms with van der Waals surface area (Å²) in [5.41, 5.74) is 0.0899. The Morgan fingerprint density at radius 2 is 1.91 bits per heavy atom. The maximum Gasteiger partial charge on any atom is 0.418 e. The van der Waals surface area contributed by atoms with E-state index in [1.807, 2.05) is 6.07 Å². The average Bonchev–Trinajstić information content (AvgIpc) is 2.53. The molecule has 2 rings (SSSR count). The van der Waals surface area contributed by atoms with Crippen molar-refractivity contribution in [2.45, 2.75) is 19.1 Å². The van der Waals surface area contributed by atoms with Gasteiger partial charge < -0.3 is 10.6 Å². The van der Waals surface area contributed by atoms with Crippen LogP contribution in [-0.4, -0.2) is 17.4 Å². The first-order valence-corrected chi connectivity index (χ1v) is 7.02. The molecule has 2 N–H and O–H groups in total. The van der Waals surface area contributed by atoms with E-state index in [4.69, 9.17) is 0 Å². The molecule has 1 heterocycles. The second-order valence-electron chi connectivity index (χ2n) is 4.86. The maximum absolute atomic E-state index is 12.8. The number of carbonyl (C=O) groups excluding carboxylic acids is 1. The number of para-hydroxylation sites is 1. The molecule has 0 saturated carbocycles. The minimum Gasteiger partial charge on any atom is -0.384 e. The Hall–Kier alpha value is -2.57. The Kier molecular flexibility index (Phi) is 5.56. The molecule has 1 amide bonds. The van der Waals surface area contributed by atoms with Gasteiger partial charge in [-0.1, -0.05) is 18.2 Å². The second kappa shape index (κ2) is 7.62. The highest BCUT2D eigenvalue weighted by Gasteiger charge is 2.32. The van der Waals surface area contributed by atoms with E-state index in [0.29, 0.717) is 6.54 Å². The van der Waals surface area contributed by atoms with Crippen molar-refractivity contribution in [3.8, 4) is 0 Å². The van der Waals surface area contributed by atoms with Crippen molar-refractivity contribution in [2.75, 3.05) is 11.9 Å². The first-order valence-electron chi connectivity index (χ1n) is 7.02. The SMILES string of the molecule is O=C(CCNc1ccccc1C(F)(F)F)NCc1cccnc1. The molecule has 4 nitrogen and oxygen atoms in total. The lowest BCUT2D eigenvalue weighted by Crippen LogP contribution is -2.25. The summed E-state index contributed by atoms with van der Waals surface area (Å²) in [6.07, 6.45) is -1.08. The van der Waals surface area contributed by atoms with Crippen molar-refractivity contribution < 1.29 is 18.0 Å². The van der Waals surface area contributed by atoms with Crippen molar-refractivity contribution in [1.29, 1.82) is 0 Å². The van der Waals surface area contributed by atoms with Crippen molar-refractivity contribution in [3.05, 3.63) is 59.9 Å². The standard InChI is InChI=1S/C16H16F3N3O/c17-16(18,19)13-5-1-2-6-14(13)21-9-7-15(23)22-11-12-4-3-8-20-10-12/h1-6,8,10,21H,7,9,11H2,(H,22,23). The molecule has 2 aromatic rings. The number of aromatic nitrogens is 1. The number of anilines is 1. The van der Waals surface area contributed by atoms with Crippen LogP contribution in [0, 0.1) is 0 Å². The van der Waals surface area contributed by atoms with E-state index in [-0.39, 0.29) is 24.6 Å². The smallest absolute Gasteiger partial charge is 0.384 e. The lowest BCUT2D eigenvalue weighted by Gasteiger charge is -2.14. The molecule has 7 heteroatoms. The van der Waals surface area contributed by atoms with E-state index in [2.05, 4.69) is 15.6 Å². The first-order chi connectivity index (χ1) is 11.0. The van der Waals surface area contributed by atoms with Gasteiger partial charge in [0.15, 0.2) is 0 Å². The van der Waals surface area contributed by atoms with Crippen LogP contribution in [0.15, 0.2) is 48.8 Å². The number of nitrogens with zero attached hydrogens (tertiary/aromatic N) is 1. The number of alkyl halides is 3. The van der Waals surface area contributed by atoms with E-state index in [9.17, 15) is 18.0 Å². The van der Waals surface area contributed by atoms with Gasteiger partial charge in [0.1, 0.15) is 0 Å². The molecule has 1 aromatic carbocycles. The monoisotopic (exact) mass is 323 g/mol. The van der Waals surface area contributed by atoms with Gasteiger partial charge >= 0.3 is 6.18 Å². The number of amides is 1. The lowest BCUT2D eigenvalue weighted by molar-refractivity contribution is -0.137. The van der Waals surface area contributed by atoms with Gasteiger partial charge in [-0.2, -0.15) is 13.2 Å². The molecule has 0 aliphatic carbocycles. The molecule has 0 radical (unpaired) electrons. The fourth-order valence-corrected chi connectivity index (χ4v) is 1.99. The maximum atomic E-state index is 12.8. The highest BCUT2D eigenvalue weighted by molar-refractivity contribution is 5.76. The highest BCUT2D eigenvalue weighted by atomic mass is 19.4. The number of rotatable bonds is 6. The molecule has 0 saturated heterocycles. The minimum absolute atomic E-state index is 0.0277. The van der Waals surface area contributed by atoms with Gasteiger partial charge in [0, 0.05) is 37.6 Å². The average molecular weight is 323 g/mol. The van der Waals surface area contributed by atoms with Crippen LogP contribution in [0.2, 0.25) is 0 Å². The minimum atomic E-state index is -4.42. The summed E-state index contributed by atoms with van der Waals surface area (Å²) in [7, 11) is 0. The molecular weight excluding hydrogens is 307 g/mol. The Morgan fingerprint density at radius 1 is 1.13 bits per heavy atom. The van der Waals surface area contributed by atoms with E-state index in [0.717, 1.165) is 11.6 Å². The summed E-state index contributed by atoms with van der Waals surface area (Å²) < 4.78 is 38.5. The van der Waals surface area contributed by atoms with Crippen molar-refractivity contribution >= 4 is 11.6 Å². The number of hydrogen-bond donors (Lipinski definition) is 2. The van der Waals surface area contributed by atoms with Crippen molar-refractivity contribution in [2.24, 2.45) is 0 Å². The predicted octanol–water partition coefficient (Wildman–Crippen LogP) is 3.22. The molecule has 23 heavy (non-hydrogen) atoms. The molecule has 0 atom stereocenters. The fourth-order valence-electron chi connectivity index (χ4n) is 1.99. The fraction of sp³-hybridized carbons (Fsp3) is 0.250. The molecule has 122 valence electrons. The van der Waals surface area contributed by atoms with Crippen LogP contribution in [0.3, 0.4) is 0 Å². The van der Waals surface area contributed by atoms with Gasteiger partial charge in [0.2, 0.25) is 5.91 Å². The molecule has 0 fully saturated rings. The second-order valence-corrected chi connectivity index (χ2v) is 4.86. The van der Waals surface area contributed by atoms with Crippen molar-refractivity contribution in [1.82, 2.24) is 10.3 Å². The number of benzene rings is 1. The first kappa shape index (κ1) is 16.8. The quantitative estimate of drug-likeness (QED) is 0.858. The van der Waals surface area contributed by atoms with Crippen molar-refractivity contribution in [3.63, 3.8) is 0 Å². The molecule has 0 aliphatic heterocycles. The summed E-state index contributed by atoms with van der Waals surface area (Å²) in [6.45, 7) is 0.456. The van der Waals surface area contributed by atoms with Gasteiger partial charge in [0.05, 0.1) is 5.56 Å². The number of pyridine rings is 1. The number of carbonyl (C=O) groups is 1. The molecular formula is C16H16F3N3O. The molecule has 1 aromatic heterocycles. The largest absolute Gasteiger partial charge is 0.418 e. The summed E-state index contributed by atoms with van der Waals surface area (Å²) in [4.78, 5) is 15.6. The normalized spacial score (nSPS) is 11.1. The Labute approximate surface area is 131 Å². The summed E-state index contributed by atoms with van der Waals surface area (Å²) in [5, 5.41) is 5.34. The molecule has 0 spiro atoms. The highest BCUT2D eigenvalue weighted by Crippen LogP contribution is 2.34. The van der Waals surface area contributed by atoms with Gasteiger partial charge in [-0.05, 0) is 23.8 Å². The molecule has 0 aliphatic rings. The van der Waals surface area contributed by atoms with Gasteiger partial charge in [0.25, 0.3) is 0 Å². The number of hydrogen-bond acceptors (Lipinski definition) is 3. The van der Waals surface area contributed by atoms with E-state index >= 15 is 0 Å². The topological polar surface area (TPSA) is 54.0 Å². The Bertz CT molecular complexity index is 645.